The SMILES string of the molecule is CCCCCCCCCCCCCCCCCOC(=O)CCCCC(=O)OC(C)C. The summed E-state index contributed by atoms with van der Waals surface area (Å²) in [7, 11) is 0. The topological polar surface area (TPSA) is 52.6 Å². The van der Waals surface area contributed by atoms with Gasteiger partial charge in [-0.25, -0.2) is 0 Å². The van der Waals surface area contributed by atoms with Gasteiger partial charge in [0, 0.05) is 12.8 Å². The Bertz CT molecular complexity index is 392. The van der Waals surface area contributed by atoms with Crippen molar-refractivity contribution < 1.29 is 19.1 Å². The van der Waals surface area contributed by atoms with Gasteiger partial charge in [0.15, 0.2) is 0 Å². The summed E-state index contributed by atoms with van der Waals surface area (Å²) < 4.78 is 10.3. The molecule has 0 N–H and O–H groups in total. The zero-order valence-corrected chi connectivity index (χ0v) is 20.4. The summed E-state index contributed by atoms with van der Waals surface area (Å²) >= 11 is 0. The van der Waals surface area contributed by atoms with Crippen LogP contribution in [0.15, 0.2) is 0 Å². The van der Waals surface area contributed by atoms with Crippen LogP contribution in [0.4, 0.5) is 0 Å². The maximum absolute atomic E-state index is 11.7. The van der Waals surface area contributed by atoms with E-state index >= 15 is 0 Å². The first-order valence-electron chi connectivity index (χ1n) is 12.9. The molecule has 0 saturated carbocycles. The molecule has 0 aliphatic heterocycles. The maximum atomic E-state index is 11.7. The molecule has 30 heavy (non-hydrogen) atoms. The average Bonchev–Trinajstić information content (AvgIpc) is 2.70. The van der Waals surface area contributed by atoms with Gasteiger partial charge in [-0.2, -0.15) is 0 Å². The van der Waals surface area contributed by atoms with E-state index in [1.807, 2.05) is 13.8 Å². The molecular formula is C26H50O4. The van der Waals surface area contributed by atoms with Crippen LogP contribution in [-0.4, -0.2) is 24.6 Å². The molecule has 0 amide bonds. The minimum Gasteiger partial charge on any atom is -0.466 e. The van der Waals surface area contributed by atoms with Crippen molar-refractivity contribution in [3.05, 3.63) is 0 Å². The van der Waals surface area contributed by atoms with Gasteiger partial charge in [0.25, 0.3) is 0 Å². The van der Waals surface area contributed by atoms with E-state index in [-0.39, 0.29) is 18.0 Å². The predicted molar refractivity (Wildman–Crippen MR) is 126 cm³/mol. The summed E-state index contributed by atoms with van der Waals surface area (Å²) in [5.41, 5.74) is 0. The van der Waals surface area contributed by atoms with Crippen molar-refractivity contribution in [3.8, 4) is 0 Å². The fourth-order valence-electron chi connectivity index (χ4n) is 3.59. The van der Waals surface area contributed by atoms with E-state index in [9.17, 15) is 9.59 Å². The molecule has 4 heteroatoms. The highest BCUT2D eigenvalue weighted by Crippen LogP contribution is 2.13. The molecule has 0 fully saturated rings. The average molecular weight is 427 g/mol. The third kappa shape index (κ3) is 23.2. The molecule has 4 nitrogen and oxygen atoms in total. The summed E-state index contributed by atoms with van der Waals surface area (Å²) in [6.07, 6.45) is 22.1. The molecular weight excluding hydrogens is 376 g/mol. The van der Waals surface area contributed by atoms with Crippen molar-refractivity contribution in [2.45, 2.75) is 149 Å². The molecule has 0 unspecified atom stereocenters. The number of ether oxygens (including phenoxy) is 2. The fourth-order valence-corrected chi connectivity index (χ4v) is 3.59. The molecule has 0 aromatic heterocycles. The molecule has 0 atom stereocenters. The van der Waals surface area contributed by atoms with Crippen LogP contribution in [0.5, 0.6) is 0 Å². The Balaban J connectivity index is 3.21. The van der Waals surface area contributed by atoms with Crippen LogP contribution in [0.25, 0.3) is 0 Å². The van der Waals surface area contributed by atoms with Gasteiger partial charge in [0.1, 0.15) is 0 Å². The first kappa shape index (κ1) is 28.9. The molecule has 178 valence electrons. The third-order valence-electron chi connectivity index (χ3n) is 5.39. The second kappa shape index (κ2) is 22.6. The van der Waals surface area contributed by atoms with Gasteiger partial charge in [-0.3, -0.25) is 9.59 Å². The number of hydrogen-bond donors (Lipinski definition) is 0. The van der Waals surface area contributed by atoms with Gasteiger partial charge in [-0.1, -0.05) is 96.8 Å². The molecule has 0 radical (unpaired) electrons. The smallest absolute Gasteiger partial charge is 0.306 e. The summed E-state index contributed by atoms with van der Waals surface area (Å²) in [6, 6.07) is 0. The molecule has 0 aromatic carbocycles. The van der Waals surface area contributed by atoms with Gasteiger partial charge in [0.2, 0.25) is 0 Å². The van der Waals surface area contributed by atoms with E-state index in [2.05, 4.69) is 6.92 Å². The quantitative estimate of drug-likeness (QED) is 0.130. The number of rotatable bonds is 22. The highest BCUT2D eigenvalue weighted by atomic mass is 16.5. The molecule has 0 aromatic rings. The molecule has 0 saturated heterocycles. The first-order valence-corrected chi connectivity index (χ1v) is 12.9. The van der Waals surface area contributed by atoms with Crippen LogP contribution in [-0.2, 0) is 19.1 Å². The zero-order chi connectivity index (χ0) is 22.3. The lowest BCUT2D eigenvalue weighted by Gasteiger charge is -2.07. The van der Waals surface area contributed by atoms with Crippen LogP contribution in [0.2, 0.25) is 0 Å². The Kier molecular flexibility index (Phi) is 21.8. The van der Waals surface area contributed by atoms with Crippen LogP contribution >= 0.6 is 0 Å². The maximum Gasteiger partial charge on any atom is 0.306 e. The number of carbonyl (C=O) groups is 2. The van der Waals surface area contributed by atoms with Gasteiger partial charge in [0.05, 0.1) is 12.7 Å². The molecule has 0 bridgehead atoms. The van der Waals surface area contributed by atoms with E-state index in [1.54, 1.807) is 0 Å². The van der Waals surface area contributed by atoms with Crippen LogP contribution in [0, 0.1) is 0 Å². The standard InChI is InChI=1S/C26H50O4/c1-4-5-6-7-8-9-10-11-12-13-14-15-16-17-20-23-29-25(27)21-18-19-22-26(28)30-24(2)3/h24H,4-23H2,1-3H3. The minimum absolute atomic E-state index is 0.0719. The van der Waals surface area contributed by atoms with Gasteiger partial charge < -0.3 is 9.47 Å². The van der Waals surface area contributed by atoms with E-state index in [1.165, 1.54) is 83.5 Å². The van der Waals surface area contributed by atoms with Crippen molar-refractivity contribution in [1.82, 2.24) is 0 Å². The van der Waals surface area contributed by atoms with E-state index in [0.29, 0.717) is 32.3 Å². The predicted octanol–water partition coefficient (Wildman–Crippen LogP) is 7.91. The Labute approximate surface area is 186 Å². The van der Waals surface area contributed by atoms with Crippen molar-refractivity contribution in [2.75, 3.05) is 6.61 Å². The highest BCUT2D eigenvalue weighted by Gasteiger charge is 2.07. The minimum atomic E-state index is -0.184. The lowest BCUT2D eigenvalue weighted by atomic mass is 10.0. The molecule has 0 rings (SSSR count). The number of hydrogen-bond acceptors (Lipinski definition) is 4. The van der Waals surface area contributed by atoms with Crippen molar-refractivity contribution >= 4 is 11.9 Å². The van der Waals surface area contributed by atoms with E-state index in [4.69, 9.17) is 9.47 Å². The monoisotopic (exact) mass is 426 g/mol. The van der Waals surface area contributed by atoms with Crippen LogP contribution in [0.3, 0.4) is 0 Å². The zero-order valence-electron chi connectivity index (χ0n) is 20.4. The Hall–Kier alpha value is -1.06. The van der Waals surface area contributed by atoms with E-state index in [0.717, 1.165) is 12.8 Å². The van der Waals surface area contributed by atoms with Crippen molar-refractivity contribution in [2.24, 2.45) is 0 Å². The molecule has 0 aliphatic rings. The second-order valence-corrected chi connectivity index (χ2v) is 8.92. The van der Waals surface area contributed by atoms with Crippen LogP contribution in [0.1, 0.15) is 143 Å². The summed E-state index contributed by atoms with van der Waals surface area (Å²) in [5, 5.41) is 0. The number of esters is 2. The number of carbonyl (C=O) groups excluding carboxylic acids is 2. The first-order chi connectivity index (χ1) is 14.6. The van der Waals surface area contributed by atoms with Crippen molar-refractivity contribution in [3.63, 3.8) is 0 Å². The summed E-state index contributed by atoms with van der Waals surface area (Å²) in [5.74, 6) is -0.325. The van der Waals surface area contributed by atoms with E-state index < -0.39 is 0 Å². The lowest BCUT2D eigenvalue weighted by Crippen LogP contribution is -2.11. The lowest BCUT2D eigenvalue weighted by molar-refractivity contribution is -0.148. The van der Waals surface area contributed by atoms with Gasteiger partial charge in [-0.05, 0) is 33.1 Å². The Morgan fingerprint density at radius 2 is 0.967 bits per heavy atom. The van der Waals surface area contributed by atoms with Gasteiger partial charge >= 0.3 is 11.9 Å². The molecule has 0 heterocycles. The summed E-state index contributed by atoms with van der Waals surface area (Å²) in [6.45, 7) is 6.49. The number of unbranched alkanes of at least 4 members (excludes halogenated alkanes) is 15. The molecule has 0 aliphatic carbocycles. The van der Waals surface area contributed by atoms with Gasteiger partial charge in [-0.15, -0.1) is 0 Å². The second-order valence-electron chi connectivity index (χ2n) is 8.92. The van der Waals surface area contributed by atoms with Crippen molar-refractivity contribution in [1.29, 1.82) is 0 Å². The fraction of sp³-hybridized carbons (Fsp3) is 0.923. The largest absolute Gasteiger partial charge is 0.466 e. The Morgan fingerprint density at radius 3 is 1.40 bits per heavy atom. The highest BCUT2D eigenvalue weighted by molar-refractivity contribution is 5.70. The Morgan fingerprint density at radius 1 is 0.567 bits per heavy atom. The molecule has 0 spiro atoms. The normalized spacial score (nSPS) is 11.1. The third-order valence-corrected chi connectivity index (χ3v) is 5.39. The summed E-state index contributed by atoms with van der Waals surface area (Å²) in [4.78, 5) is 23.1. The van der Waals surface area contributed by atoms with Crippen LogP contribution < -0.4 is 0 Å².